The van der Waals surface area contributed by atoms with Gasteiger partial charge in [0.25, 0.3) is 0 Å². The Hall–Kier alpha value is -2.61. The maximum atomic E-state index is 11.5. The Kier molecular flexibility index (Phi) is 10.5. The monoisotopic (exact) mass is 457 g/mol. The third kappa shape index (κ3) is 8.35. The van der Waals surface area contributed by atoms with Gasteiger partial charge < -0.3 is 28.6 Å². The van der Waals surface area contributed by atoms with Crippen LogP contribution in [0.5, 0.6) is 11.5 Å². The molecule has 33 heavy (non-hydrogen) atoms. The second-order valence-electron chi connectivity index (χ2n) is 7.91. The van der Waals surface area contributed by atoms with Crippen molar-refractivity contribution >= 4 is 5.91 Å². The van der Waals surface area contributed by atoms with Crippen molar-refractivity contribution in [1.29, 1.82) is 0 Å². The van der Waals surface area contributed by atoms with Gasteiger partial charge in [0, 0.05) is 45.5 Å². The van der Waals surface area contributed by atoms with Crippen molar-refractivity contribution < 1.29 is 28.5 Å². The predicted octanol–water partition coefficient (Wildman–Crippen LogP) is 3.80. The molecule has 180 valence electrons. The van der Waals surface area contributed by atoms with E-state index in [-0.39, 0.29) is 12.0 Å². The van der Waals surface area contributed by atoms with Gasteiger partial charge in [0.05, 0.1) is 33.0 Å². The summed E-state index contributed by atoms with van der Waals surface area (Å²) in [6.45, 7) is 6.30. The molecular weight excluding hydrogens is 422 g/mol. The fourth-order valence-electron chi connectivity index (χ4n) is 3.72. The Bertz CT molecular complexity index is 850. The Balaban J connectivity index is 1.49. The van der Waals surface area contributed by atoms with Gasteiger partial charge in [-0.2, -0.15) is 0 Å². The van der Waals surface area contributed by atoms with E-state index in [1.54, 1.807) is 14.0 Å². The minimum absolute atomic E-state index is 0.123. The molecule has 1 heterocycles. The number of carbonyl (C=O) groups excluding carboxylic acids is 1. The number of para-hydroxylation sites is 1. The number of nitrogens with zero attached hydrogens (tertiary/aromatic N) is 1. The third-order valence-corrected chi connectivity index (χ3v) is 5.51. The number of carbonyl (C=O) groups is 1. The van der Waals surface area contributed by atoms with Crippen LogP contribution in [0, 0.1) is 0 Å². The number of methoxy groups -OCH3 is 1. The second-order valence-corrected chi connectivity index (χ2v) is 7.91. The summed E-state index contributed by atoms with van der Waals surface area (Å²) < 4.78 is 28.1. The van der Waals surface area contributed by atoms with Crippen LogP contribution >= 0.6 is 0 Å². The summed E-state index contributed by atoms with van der Waals surface area (Å²) in [5, 5.41) is 0. The van der Waals surface area contributed by atoms with Gasteiger partial charge in [-0.15, -0.1) is 0 Å². The summed E-state index contributed by atoms with van der Waals surface area (Å²) in [6.07, 6.45) is 1.82. The molecule has 2 aromatic carbocycles. The van der Waals surface area contributed by atoms with E-state index in [0.717, 1.165) is 48.6 Å². The maximum Gasteiger partial charge on any atom is 0.219 e. The lowest BCUT2D eigenvalue weighted by Crippen LogP contribution is -2.40. The quantitative estimate of drug-likeness (QED) is 0.426. The van der Waals surface area contributed by atoms with E-state index in [2.05, 4.69) is 6.07 Å². The molecule has 0 unspecified atom stereocenters. The Labute approximate surface area is 196 Å². The molecule has 3 rings (SSSR count). The highest BCUT2D eigenvalue weighted by Crippen LogP contribution is 2.32. The fourth-order valence-corrected chi connectivity index (χ4v) is 3.72. The van der Waals surface area contributed by atoms with E-state index in [0.29, 0.717) is 39.6 Å². The first-order valence-electron chi connectivity index (χ1n) is 11.6. The molecule has 0 spiro atoms. The molecule has 1 fully saturated rings. The van der Waals surface area contributed by atoms with E-state index >= 15 is 0 Å². The van der Waals surface area contributed by atoms with Crippen molar-refractivity contribution in [3.8, 4) is 22.6 Å². The highest BCUT2D eigenvalue weighted by molar-refractivity contribution is 5.73. The predicted molar refractivity (Wildman–Crippen MR) is 127 cm³/mol. The molecular formula is C26H35NO6. The molecule has 0 bridgehead atoms. The molecule has 0 saturated carbocycles. The first-order valence-corrected chi connectivity index (χ1v) is 11.6. The van der Waals surface area contributed by atoms with Crippen molar-refractivity contribution in [2.24, 2.45) is 0 Å². The van der Waals surface area contributed by atoms with Crippen LogP contribution in [0.1, 0.15) is 19.8 Å². The van der Waals surface area contributed by atoms with Crippen LogP contribution in [0.15, 0.2) is 48.5 Å². The largest absolute Gasteiger partial charge is 0.491 e. The highest BCUT2D eigenvalue weighted by Gasteiger charge is 2.22. The van der Waals surface area contributed by atoms with Crippen molar-refractivity contribution in [3.05, 3.63) is 48.5 Å². The molecule has 1 aliphatic heterocycles. The van der Waals surface area contributed by atoms with Gasteiger partial charge in [-0.3, -0.25) is 4.79 Å². The Morgan fingerprint density at radius 1 is 0.909 bits per heavy atom. The van der Waals surface area contributed by atoms with E-state index < -0.39 is 0 Å². The average molecular weight is 458 g/mol. The van der Waals surface area contributed by atoms with Crippen LogP contribution in [0.2, 0.25) is 0 Å². The van der Waals surface area contributed by atoms with Crippen LogP contribution in [-0.4, -0.2) is 76.8 Å². The van der Waals surface area contributed by atoms with Gasteiger partial charge in [0.15, 0.2) is 0 Å². The maximum absolute atomic E-state index is 11.5. The minimum Gasteiger partial charge on any atom is -0.491 e. The van der Waals surface area contributed by atoms with Gasteiger partial charge in [-0.25, -0.2) is 0 Å². The fraction of sp³-hybridized carbons (Fsp3) is 0.500. The topological polar surface area (TPSA) is 66.5 Å². The molecule has 0 aromatic heterocycles. The number of piperidine rings is 1. The molecule has 2 aromatic rings. The van der Waals surface area contributed by atoms with Crippen LogP contribution in [0.3, 0.4) is 0 Å². The van der Waals surface area contributed by atoms with Crippen LogP contribution in [0.25, 0.3) is 11.1 Å². The molecule has 1 aliphatic rings. The number of hydrogen-bond acceptors (Lipinski definition) is 6. The Morgan fingerprint density at radius 2 is 1.61 bits per heavy atom. The smallest absolute Gasteiger partial charge is 0.219 e. The normalized spacial score (nSPS) is 14.3. The number of ether oxygens (including phenoxy) is 5. The standard InChI is InChI=1S/C26H35NO6/c1-21(28)27-12-10-23(11-13-27)33-24-7-5-6-22(20-24)25-8-3-4-9-26(25)32-19-18-31-17-16-30-15-14-29-2/h3-9,20,23H,10-19H2,1-2H3. The van der Waals surface area contributed by atoms with Gasteiger partial charge in [-0.1, -0.05) is 30.3 Å². The van der Waals surface area contributed by atoms with Crippen molar-refractivity contribution in [2.45, 2.75) is 25.9 Å². The molecule has 0 atom stereocenters. The molecule has 1 amide bonds. The first kappa shape index (κ1) is 25.0. The van der Waals surface area contributed by atoms with Gasteiger partial charge in [-0.05, 0) is 23.8 Å². The zero-order chi connectivity index (χ0) is 23.3. The molecule has 0 radical (unpaired) electrons. The summed E-state index contributed by atoms with van der Waals surface area (Å²) in [4.78, 5) is 13.4. The first-order chi connectivity index (χ1) is 16.2. The molecule has 1 saturated heterocycles. The van der Waals surface area contributed by atoms with Crippen LogP contribution in [0.4, 0.5) is 0 Å². The van der Waals surface area contributed by atoms with Gasteiger partial charge >= 0.3 is 0 Å². The van der Waals surface area contributed by atoms with E-state index in [9.17, 15) is 4.79 Å². The lowest BCUT2D eigenvalue weighted by atomic mass is 10.0. The summed E-state index contributed by atoms with van der Waals surface area (Å²) in [6, 6.07) is 16.1. The minimum atomic E-state index is 0.123. The van der Waals surface area contributed by atoms with Crippen molar-refractivity contribution in [1.82, 2.24) is 4.90 Å². The Morgan fingerprint density at radius 3 is 2.33 bits per heavy atom. The lowest BCUT2D eigenvalue weighted by molar-refractivity contribution is -0.130. The van der Waals surface area contributed by atoms with Gasteiger partial charge in [0.1, 0.15) is 24.2 Å². The third-order valence-electron chi connectivity index (χ3n) is 5.51. The summed E-state index contributed by atoms with van der Waals surface area (Å²) in [5.41, 5.74) is 2.05. The average Bonchev–Trinajstić information content (AvgIpc) is 2.84. The number of amides is 1. The zero-order valence-electron chi connectivity index (χ0n) is 19.7. The van der Waals surface area contributed by atoms with Crippen LogP contribution < -0.4 is 9.47 Å². The summed E-state index contributed by atoms with van der Waals surface area (Å²) >= 11 is 0. The second kappa shape index (κ2) is 13.8. The SMILES string of the molecule is COCCOCCOCCOc1ccccc1-c1cccc(OC2CCN(C(C)=O)CC2)c1. The molecule has 7 heteroatoms. The van der Waals surface area contributed by atoms with E-state index in [1.807, 2.05) is 47.4 Å². The molecule has 7 nitrogen and oxygen atoms in total. The van der Waals surface area contributed by atoms with Crippen LogP contribution in [-0.2, 0) is 19.0 Å². The zero-order valence-corrected chi connectivity index (χ0v) is 19.7. The number of rotatable bonds is 13. The number of hydrogen-bond donors (Lipinski definition) is 0. The molecule has 0 N–H and O–H groups in total. The van der Waals surface area contributed by atoms with Crippen molar-refractivity contribution in [2.75, 3.05) is 59.8 Å². The summed E-state index contributed by atoms with van der Waals surface area (Å²) in [5.74, 6) is 1.78. The number of benzene rings is 2. The molecule has 0 aliphatic carbocycles. The van der Waals surface area contributed by atoms with E-state index in [4.69, 9.17) is 23.7 Å². The van der Waals surface area contributed by atoms with E-state index in [1.165, 1.54) is 0 Å². The summed E-state index contributed by atoms with van der Waals surface area (Å²) in [7, 11) is 1.65. The van der Waals surface area contributed by atoms with Crippen molar-refractivity contribution in [3.63, 3.8) is 0 Å². The van der Waals surface area contributed by atoms with Gasteiger partial charge in [0.2, 0.25) is 5.91 Å². The lowest BCUT2D eigenvalue weighted by Gasteiger charge is -2.31. The highest BCUT2D eigenvalue weighted by atomic mass is 16.6. The number of likely N-dealkylation sites (tertiary alicyclic amines) is 1.